The van der Waals surface area contributed by atoms with E-state index in [2.05, 4.69) is 17.0 Å². The number of hydrogen-bond donors (Lipinski definition) is 1. The Hall–Kier alpha value is -2.61. The van der Waals surface area contributed by atoms with Gasteiger partial charge in [0.2, 0.25) is 5.17 Å². The highest BCUT2D eigenvalue weighted by molar-refractivity contribution is 8.26. The Kier molecular flexibility index (Phi) is 8.65. The predicted octanol–water partition coefficient (Wildman–Crippen LogP) is 7.55. The fraction of sp³-hybridized carbons (Fsp3) is 0.308. The van der Waals surface area contributed by atoms with Gasteiger partial charge in [0.1, 0.15) is 17.4 Å². The Morgan fingerprint density at radius 3 is 2.71 bits per heavy atom. The quantitative estimate of drug-likeness (QED) is 0.255. The smallest absolute Gasteiger partial charge is 0.283 e. The molecule has 9 heteroatoms. The van der Waals surface area contributed by atoms with Gasteiger partial charge in [0, 0.05) is 21.2 Å². The molecule has 0 atom stereocenters. The van der Waals surface area contributed by atoms with Gasteiger partial charge in [0.05, 0.1) is 5.57 Å². The number of aliphatic imine (C=N–C) groups is 1. The van der Waals surface area contributed by atoms with Crippen LogP contribution in [0.1, 0.15) is 56.6 Å². The van der Waals surface area contributed by atoms with Crippen molar-refractivity contribution in [2.24, 2.45) is 10.1 Å². The van der Waals surface area contributed by atoms with E-state index in [1.807, 2.05) is 18.2 Å². The van der Waals surface area contributed by atoms with Gasteiger partial charge in [-0.3, -0.25) is 10.2 Å². The topological polar surface area (TPSA) is 78.1 Å². The minimum Gasteiger partial charge on any atom is -0.488 e. The molecule has 4 rings (SSSR count). The first-order valence-electron chi connectivity index (χ1n) is 11.6. The summed E-state index contributed by atoms with van der Waals surface area (Å²) in [5.74, 6) is 0.0277. The first kappa shape index (κ1) is 25.5. The van der Waals surface area contributed by atoms with Crippen LogP contribution < -0.4 is 4.74 Å². The van der Waals surface area contributed by atoms with Crippen molar-refractivity contribution in [2.45, 2.75) is 52.1 Å². The van der Waals surface area contributed by atoms with Crippen molar-refractivity contribution in [3.63, 3.8) is 0 Å². The number of carbonyl (C=O) groups is 1. The molecule has 0 saturated heterocycles. The van der Waals surface area contributed by atoms with Crippen LogP contribution in [0.5, 0.6) is 5.75 Å². The zero-order valence-corrected chi connectivity index (χ0v) is 21.7. The lowest BCUT2D eigenvalue weighted by Crippen LogP contribution is -2.35. The fourth-order valence-corrected chi connectivity index (χ4v) is 5.00. The monoisotopic (exact) mass is 528 g/mol. The number of unbranched alkanes of at least 4 members (excludes halogenated alkanes) is 4. The van der Waals surface area contributed by atoms with Crippen molar-refractivity contribution in [3.05, 3.63) is 69.2 Å². The summed E-state index contributed by atoms with van der Waals surface area (Å²) in [5.41, 5.74) is 1.54. The van der Waals surface area contributed by atoms with Gasteiger partial charge >= 0.3 is 0 Å². The molecular weight excluding hydrogens is 503 g/mol. The molecule has 1 N–H and O–H groups in total. The highest BCUT2D eigenvalue weighted by atomic mass is 35.5. The number of ether oxygens (including phenoxy) is 1. The average Bonchev–Trinajstić information content (AvgIpc) is 3.25. The SMILES string of the molecule is CCCCCCCC1=NN2C(=N)/C(=C\c3cc(Cl)ccc3OCc3ccccc3Cl)C(=O)N=C2S1. The van der Waals surface area contributed by atoms with Gasteiger partial charge < -0.3 is 4.74 Å². The van der Waals surface area contributed by atoms with E-state index >= 15 is 0 Å². The van der Waals surface area contributed by atoms with E-state index in [0.717, 1.165) is 29.9 Å². The molecule has 0 aromatic heterocycles. The third-order valence-corrected chi connectivity index (χ3v) is 7.18. The summed E-state index contributed by atoms with van der Waals surface area (Å²) in [7, 11) is 0. The van der Waals surface area contributed by atoms with E-state index in [0.29, 0.717) is 26.5 Å². The van der Waals surface area contributed by atoms with Gasteiger partial charge in [-0.1, -0.05) is 74.0 Å². The summed E-state index contributed by atoms with van der Waals surface area (Å²) in [6.07, 6.45) is 8.23. The van der Waals surface area contributed by atoms with Crippen LogP contribution in [0.3, 0.4) is 0 Å². The van der Waals surface area contributed by atoms with Crippen LogP contribution >= 0.6 is 35.0 Å². The molecule has 0 radical (unpaired) electrons. The summed E-state index contributed by atoms with van der Waals surface area (Å²) in [6, 6.07) is 12.6. The lowest BCUT2D eigenvalue weighted by atomic mass is 10.1. The van der Waals surface area contributed by atoms with E-state index < -0.39 is 5.91 Å². The Labute approximate surface area is 219 Å². The molecule has 2 aromatic rings. The molecule has 0 fully saturated rings. The Bertz CT molecular complexity index is 1230. The van der Waals surface area contributed by atoms with Crippen LogP contribution in [-0.2, 0) is 11.4 Å². The van der Waals surface area contributed by atoms with Gasteiger partial charge in [-0.2, -0.15) is 15.1 Å². The Morgan fingerprint density at radius 2 is 1.91 bits per heavy atom. The number of nitrogens with one attached hydrogen (secondary N) is 1. The maximum atomic E-state index is 12.8. The maximum absolute atomic E-state index is 12.8. The van der Waals surface area contributed by atoms with E-state index in [9.17, 15) is 4.79 Å². The number of hydrazone groups is 1. The van der Waals surface area contributed by atoms with Gasteiger partial charge in [-0.25, -0.2) is 0 Å². The number of nitrogens with zero attached hydrogens (tertiary/aromatic N) is 3. The molecule has 0 spiro atoms. The maximum Gasteiger partial charge on any atom is 0.283 e. The molecule has 182 valence electrons. The van der Waals surface area contributed by atoms with E-state index in [4.69, 9.17) is 33.3 Å². The zero-order chi connectivity index (χ0) is 24.8. The average molecular weight is 529 g/mol. The van der Waals surface area contributed by atoms with Crippen molar-refractivity contribution < 1.29 is 9.53 Å². The molecule has 6 nitrogen and oxygen atoms in total. The number of benzene rings is 2. The van der Waals surface area contributed by atoms with Gasteiger partial charge in [0.25, 0.3) is 5.91 Å². The molecule has 2 aliphatic heterocycles. The first-order chi connectivity index (χ1) is 17.0. The normalized spacial score (nSPS) is 16.4. The van der Waals surface area contributed by atoms with Crippen LogP contribution in [0, 0.1) is 5.41 Å². The zero-order valence-electron chi connectivity index (χ0n) is 19.4. The predicted molar refractivity (Wildman–Crippen MR) is 146 cm³/mol. The number of fused-ring (bicyclic) bond motifs is 1. The van der Waals surface area contributed by atoms with Crippen LogP contribution in [0.4, 0.5) is 0 Å². The van der Waals surface area contributed by atoms with Crippen molar-refractivity contribution in [2.75, 3.05) is 0 Å². The summed E-state index contributed by atoms with van der Waals surface area (Å²) < 4.78 is 6.00. The molecule has 0 bridgehead atoms. The first-order valence-corrected chi connectivity index (χ1v) is 13.2. The number of amidine groups is 2. The number of carbonyl (C=O) groups excluding carboxylic acids is 1. The molecule has 0 saturated carbocycles. The van der Waals surface area contributed by atoms with Crippen molar-refractivity contribution in [3.8, 4) is 5.75 Å². The Morgan fingerprint density at radius 1 is 1.11 bits per heavy atom. The van der Waals surface area contributed by atoms with E-state index in [-0.39, 0.29) is 18.0 Å². The second-order valence-corrected chi connectivity index (χ2v) is 10.1. The molecule has 0 aliphatic carbocycles. The number of amides is 1. The van der Waals surface area contributed by atoms with Gasteiger partial charge in [-0.05, 0) is 54.9 Å². The van der Waals surface area contributed by atoms with Crippen LogP contribution in [0.2, 0.25) is 10.0 Å². The lowest BCUT2D eigenvalue weighted by Gasteiger charge is -2.20. The summed E-state index contributed by atoms with van der Waals surface area (Å²) in [4.78, 5) is 17.0. The highest BCUT2D eigenvalue weighted by Crippen LogP contribution is 2.32. The molecule has 2 aliphatic rings. The second kappa shape index (κ2) is 11.9. The van der Waals surface area contributed by atoms with Crippen LogP contribution in [0.15, 0.2) is 58.1 Å². The number of rotatable bonds is 10. The number of thioether (sulfide) groups is 1. The highest BCUT2D eigenvalue weighted by Gasteiger charge is 2.35. The van der Waals surface area contributed by atoms with Crippen molar-refractivity contribution in [1.29, 1.82) is 5.41 Å². The lowest BCUT2D eigenvalue weighted by molar-refractivity contribution is -0.114. The minimum atomic E-state index is -0.481. The summed E-state index contributed by atoms with van der Waals surface area (Å²) in [5, 5.41) is 17.0. The summed E-state index contributed by atoms with van der Waals surface area (Å²) in [6.45, 7) is 2.44. The Balaban J connectivity index is 1.52. The standard InChI is InChI=1S/C26H26Cl2N4O2S/c1-2-3-4-5-6-11-23-31-32-24(29)20(25(33)30-26(32)35-23)15-18-14-19(27)12-13-22(18)34-16-17-9-7-8-10-21(17)28/h7-10,12-15,29H,2-6,11,16H2,1H3/b20-15+,29-24?. The summed E-state index contributed by atoms with van der Waals surface area (Å²) >= 11 is 13.8. The van der Waals surface area contributed by atoms with Crippen LogP contribution in [-0.4, -0.2) is 27.0 Å². The van der Waals surface area contributed by atoms with Gasteiger partial charge in [0.15, 0.2) is 5.84 Å². The molecular formula is C26H26Cl2N4O2S. The van der Waals surface area contributed by atoms with Crippen LogP contribution in [0.25, 0.3) is 6.08 Å². The minimum absolute atomic E-state index is 0.00878. The van der Waals surface area contributed by atoms with Gasteiger partial charge in [-0.15, -0.1) is 0 Å². The number of halogens is 2. The van der Waals surface area contributed by atoms with Crippen molar-refractivity contribution in [1.82, 2.24) is 5.01 Å². The van der Waals surface area contributed by atoms with E-state index in [1.54, 1.807) is 30.3 Å². The van der Waals surface area contributed by atoms with Crippen molar-refractivity contribution >= 4 is 63.0 Å². The number of hydrogen-bond acceptors (Lipinski definition) is 5. The third kappa shape index (κ3) is 6.34. The molecule has 0 unspecified atom stereocenters. The van der Waals surface area contributed by atoms with E-state index in [1.165, 1.54) is 36.0 Å². The second-order valence-electron chi connectivity index (χ2n) is 8.24. The molecule has 2 heterocycles. The fourth-order valence-electron chi connectivity index (χ4n) is 3.70. The largest absolute Gasteiger partial charge is 0.488 e. The molecule has 2 aromatic carbocycles. The molecule has 35 heavy (non-hydrogen) atoms. The molecule has 1 amide bonds. The third-order valence-electron chi connectivity index (χ3n) is 5.60.